The predicted octanol–water partition coefficient (Wildman–Crippen LogP) is 2.56. The molecule has 0 unspecified atom stereocenters. The normalized spacial score (nSPS) is 14.5. The van der Waals surface area contributed by atoms with E-state index >= 15 is 0 Å². The number of rotatable bonds is 5. The van der Waals surface area contributed by atoms with E-state index in [2.05, 4.69) is 0 Å². The topological polar surface area (TPSA) is 43.4 Å². The lowest BCUT2D eigenvalue weighted by atomic mass is 10.0. The van der Waals surface area contributed by atoms with Crippen LogP contribution >= 0.6 is 0 Å². The number of carbonyl (C=O) groups excluding carboxylic acids is 2. The maximum Gasteiger partial charge on any atom is 0.170 e. The number of ether oxygens (including phenoxy) is 1. The van der Waals surface area contributed by atoms with E-state index in [9.17, 15) is 9.59 Å². The molecule has 0 aliphatic heterocycles. The van der Waals surface area contributed by atoms with Crippen molar-refractivity contribution in [1.29, 1.82) is 0 Å². The second-order valence-electron chi connectivity index (χ2n) is 4.52. The van der Waals surface area contributed by atoms with Gasteiger partial charge in [-0.25, -0.2) is 0 Å². The van der Waals surface area contributed by atoms with Gasteiger partial charge in [0, 0.05) is 11.5 Å². The van der Waals surface area contributed by atoms with E-state index in [0.717, 1.165) is 24.2 Å². The molecule has 1 saturated carbocycles. The Balaban J connectivity index is 2.08. The molecule has 0 N–H and O–H groups in total. The molecule has 1 fully saturated rings. The Bertz CT molecular complexity index is 459. The summed E-state index contributed by atoms with van der Waals surface area (Å²) in [6.07, 6.45) is 1.94. The summed E-state index contributed by atoms with van der Waals surface area (Å²) in [5, 5.41) is 0. The van der Waals surface area contributed by atoms with Crippen LogP contribution in [-0.4, -0.2) is 18.7 Å². The van der Waals surface area contributed by atoms with Crippen LogP contribution in [0.3, 0.4) is 0 Å². The van der Waals surface area contributed by atoms with Gasteiger partial charge >= 0.3 is 0 Å². The molecule has 2 rings (SSSR count). The van der Waals surface area contributed by atoms with Gasteiger partial charge in [0.25, 0.3) is 0 Å². The molecular formula is C14H16O3. The quantitative estimate of drug-likeness (QED) is 0.579. The van der Waals surface area contributed by atoms with Crippen molar-refractivity contribution in [3.05, 3.63) is 29.3 Å². The van der Waals surface area contributed by atoms with Gasteiger partial charge < -0.3 is 4.74 Å². The van der Waals surface area contributed by atoms with Crippen LogP contribution in [0.25, 0.3) is 0 Å². The first kappa shape index (κ1) is 11.8. The van der Waals surface area contributed by atoms with Crippen molar-refractivity contribution in [1.82, 2.24) is 0 Å². The molecule has 0 spiro atoms. The maximum atomic E-state index is 11.9. The number of methoxy groups -OCH3 is 1. The number of Topliss-reactive ketones (excluding diaryl/α,β-unsaturated/α-hetero) is 2. The number of aryl methyl sites for hydroxylation is 1. The van der Waals surface area contributed by atoms with E-state index < -0.39 is 0 Å². The minimum Gasteiger partial charge on any atom is -0.496 e. The third kappa shape index (κ3) is 2.73. The molecule has 0 radical (unpaired) electrons. The summed E-state index contributed by atoms with van der Waals surface area (Å²) in [5.41, 5.74) is 1.51. The molecule has 0 saturated heterocycles. The van der Waals surface area contributed by atoms with Crippen molar-refractivity contribution >= 4 is 11.6 Å². The van der Waals surface area contributed by atoms with Gasteiger partial charge in [0.15, 0.2) is 5.78 Å². The first-order valence-electron chi connectivity index (χ1n) is 5.82. The highest BCUT2D eigenvalue weighted by Gasteiger charge is 2.30. The van der Waals surface area contributed by atoms with Crippen LogP contribution in [0.2, 0.25) is 0 Å². The van der Waals surface area contributed by atoms with Crippen LogP contribution in [0.5, 0.6) is 5.75 Å². The fraction of sp³-hybridized carbons (Fsp3) is 0.429. The third-order valence-corrected chi connectivity index (χ3v) is 3.08. The zero-order valence-electron chi connectivity index (χ0n) is 10.2. The molecule has 17 heavy (non-hydrogen) atoms. The van der Waals surface area contributed by atoms with Gasteiger partial charge in [-0.05, 0) is 43.5 Å². The molecule has 90 valence electrons. The van der Waals surface area contributed by atoms with E-state index in [4.69, 9.17) is 4.74 Å². The summed E-state index contributed by atoms with van der Waals surface area (Å²) < 4.78 is 5.13. The van der Waals surface area contributed by atoms with Crippen molar-refractivity contribution in [2.24, 2.45) is 5.92 Å². The largest absolute Gasteiger partial charge is 0.496 e. The fourth-order valence-electron chi connectivity index (χ4n) is 1.86. The molecule has 3 heteroatoms. The smallest absolute Gasteiger partial charge is 0.170 e. The Labute approximate surface area is 101 Å². The molecule has 1 aliphatic carbocycles. The van der Waals surface area contributed by atoms with E-state index in [-0.39, 0.29) is 23.9 Å². The van der Waals surface area contributed by atoms with Gasteiger partial charge in [-0.3, -0.25) is 9.59 Å². The molecule has 0 amide bonds. The van der Waals surface area contributed by atoms with Crippen LogP contribution in [0.15, 0.2) is 18.2 Å². The Morgan fingerprint density at radius 3 is 2.59 bits per heavy atom. The number of ketones is 2. The maximum absolute atomic E-state index is 11.9. The first-order chi connectivity index (χ1) is 8.11. The first-order valence-corrected chi connectivity index (χ1v) is 5.82. The molecular weight excluding hydrogens is 216 g/mol. The lowest BCUT2D eigenvalue weighted by Gasteiger charge is -2.06. The molecule has 0 atom stereocenters. The lowest BCUT2D eigenvalue weighted by molar-refractivity contribution is -0.119. The summed E-state index contributed by atoms with van der Waals surface area (Å²) in [7, 11) is 1.60. The second kappa shape index (κ2) is 4.70. The number of hydrogen-bond donors (Lipinski definition) is 0. The summed E-state index contributed by atoms with van der Waals surface area (Å²) in [5.74, 6) is 0.907. The summed E-state index contributed by atoms with van der Waals surface area (Å²) in [4.78, 5) is 23.4. The van der Waals surface area contributed by atoms with E-state index in [1.54, 1.807) is 25.3 Å². The Morgan fingerprint density at radius 2 is 2.06 bits per heavy atom. The molecule has 0 bridgehead atoms. The Kier molecular flexibility index (Phi) is 3.27. The fourth-order valence-corrected chi connectivity index (χ4v) is 1.86. The average molecular weight is 232 g/mol. The highest BCUT2D eigenvalue weighted by Crippen LogP contribution is 2.31. The van der Waals surface area contributed by atoms with Crippen molar-refractivity contribution in [2.75, 3.05) is 7.11 Å². The lowest BCUT2D eigenvalue weighted by Crippen LogP contribution is -2.09. The number of hydrogen-bond acceptors (Lipinski definition) is 3. The third-order valence-electron chi connectivity index (χ3n) is 3.08. The SMILES string of the molecule is COc1ccc(C(=O)CC(=O)C2CC2)cc1C. The minimum atomic E-state index is -0.0901. The Morgan fingerprint density at radius 1 is 1.35 bits per heavy atom. The monoisotopic (exact) mass is 232 g/mol. The standard InChI is InChI=1S/C14H16O3/c1-9-7-11(5-6-14(9)17-2)13(16)8-12(15)10-3-4-10/h5-7,10H,3-4,8H2,1-2H3. The van der Waals surface area contributed by atoms with Crippen molar-refractivity contribution in [3.63, 3.8) is 0 Å². The van der Waals surface area contributed by atoms with Gasteiger partial charge in [0.05, 0.1) is 13.5 Å². The van der Waals surface area contributed by atoms with Gasteiger partial charge in [-0.1, -0.05) is 0 Å². The molecule has 1 aliphatic rings. The van der Waals surface area contributed by atoms with E-state index in [1.807, 2.05) is 6.92 Å². The predicted molar refractivity (Wildman–Crippen MR) is 64.4 cm³/mol. The van der Waals surface area contributed by atoms with E-state index in [0.29, 0.717) is 5.56 Å². The van der Waals surface area contributed by atoms with Crippen LogP contribution in [0, 0.1) is 12.8 Å². The van der Waals surface area contributed by atoms with Crippen molar-refractivity contribution in [2.45, 2.75) is 26.2 Å². The van der Waals surface area contributed by atoms with Gasteiger partial charge in [0.2, 0.25) is 0 Å². The average Bonchev–Trinajstić information content (AvgIpc) is 3.12. The van der Waals surface area contributed by atoms with Gasteiger partial charge in [0.1, 0.15) is 11.5 Å². The minimum absolute atomic E-state index is 0.0381. The number of benzene rings is 1. The van der Waals surface area contributed by atoms with Crippen LogP contribution < -0.4 is 4.74 Å². The summed E-state index contributed by atoms with van der Waals surface area (Å²) in [6, 6.07) is 5.26. The Hall–Kier alpha value is -1.64. The summed E-state index contributed by atoms with van der Waals surface area (Å²) in [6.45, 7) is 1.89. The zero-order valence-corrected chi connectivity index (χ0v) is 10.2. The van der Waals surface area contributed by atoms with Crippen LogP contribution in [0.4, 0.5) is 0 Å². The van der Waals surface area contributed by atoms with Crippen molar-refractivity contribution < 1.29 is 14.3 Å². The molecule has 0 heterocycles. The molecule has 3 nitrogen and oxygen atoms in total. The summed E-state index contributed by atoms with van der Waals surface area (Å²) >= 11 is 0. The molecule has 0 aromatic heterocycles. The highest BCUT2D eigenvalue weighted by molar-refractivity contribution is 6.09. The van der Waals surface area contributed by atoms with Crippen molar-refractivity contribution in [3.8, 4) is 5.75 Å². The van der Waals surface area contributed by atoms with E-state index in [1.165, 1.54) is 0 Å². The molecule has 1 aromatic rings. The van der Waals surface area contributed by atoms with Gasteiger partial charge in [-0.15, -0.1) is 0 Å². The van der Waals surface area contributed by atoms with Crippen LogP contribution in [-0.2, 0) is 4.79 Å². The van der Waals surface area contributed by atoms with Gasteiger partial charge in [-0.2, -0.15) is 0 Å². The number of carbonyl (C=O) groups is 2. The molecule has 1 aromatic carbocycles. The van der Waals surface area contributed by atoms with Crippen LogP contribution in [0.1, 0.15) is 35.2 Å². The highest BCUT2D eigenvalue weighted by atomic mass is 16.5. The second-order valence-corrected chi connectivity index (χ2v) is 4.52. The zero-order chi connectivity index (χ0) is 12.4.